The van der Waals surface area contributed by atoms with Crippen molar-refractivity contribution in [2.24, 2.45) is 5.92 Å². The summed E-state index contributed by atoms with van der Waals surface area (Å²) in [5, 5.41) is 3.30. The molecule has 4 heteroatoms. The summed E-state index contributed by atoms with van der Waals surface area (Å²) in [5.74, 6) is 0.865. The lowest BCUT2D eigenvalue weighted by Crippen LogP contribution is -2.48. The molecule has 2 atom stereocenters. The Morgan fingerprint density at radius 1 is 1.10 bits per heavy atom. The average Bonchev–Trinajstić information content (AvgIpc) is 2.80. The summed E-state index contributed by atoms with van der Waals surface area (Å²) < 4.78 is 5.58. The summed E-state index contributed by atoms with van der Waals surface area (Å²) in [6.07, 6.45) is 4.04. The van der Waals surface area contributed by atoms with E-state index in [0.29, 0.717) is 13.2 Å². The first-order valence-electron chi connectivity index (χ1n) is 11.4. The van der Waals surface area contributed by atoms with Gasteiger partial charge in [-0.15, -0.1) is 0 Å². The van der Waals surface area contributed by atoms with Crippen molar-refractivity contribution in [1.29, 1.82) is 0 Å². The quantitative estimate of drug-likeness (QED) is 0.772. The van der Waals surface area contributed by atoms with Crippen molar-refractivity contribution in [3.63, 3.8) is 0 Å². The molecule has 2 fully saturated rings. The van der Waals surface area contributed by atoms with Gasteiger partial charge in [0, 0.05) is 32.0 Å². The van der Waals surface area contributed by atoms with E-state index in [0.717, 1.165) is 43.0 Å². The van der Waals surface area contributed by atoms with Gasteiger partial charge in [-0.3, -0.25) is 4.79 Å². The number of benzene rings is 2. The molecule has 0 aromatic heterocycles. The molecule has 0 spiro atoms. The second-order valence-electron chi connectivity index (χ2n) is 9.04. The maximum atomic E-state index is 13.5. The van der Waals surface area contributed by atoms with Gasteiger partial charge in [0.05, 0.1) is 11.5 Å². The first kappa shape index (κ1) is 20.9. The molecule has 1 amide bonds. The molecular weight excluding hydrogens is 372 g/mol. The summed E-state index contributed by atoms with van der Waals surface area (Å²) in [6.45, 7) is 7.93. The van der Waals surface area contributed by atoms with Crippen LogP contribution in [-0.2, 0) is 14.9 Å². The molecule has 0 radical (unpaired) electrons. The molecule has 30 heavy (non-hydrogen) atoms. The number of hydrogen-bond donors (Lipinski definition) is 1. The molecule has 0 unspecified atom stereocenters. The molecule has 2 saturated heterocycles. The Morgan fingerprint density at radius 3 is 2.47 bits per heavy atom. The molecule has 2 aromatic rings. The minimum Gasteiger partial charge on any atom is -0.381 e. The van der Waals surface area contributed by atoms with Crippen molar-refractivity contribution in [2.45, 2.75) is 51.0 Å². The molecule has 2 aromatic carbocycles. The van der Waals surface area contributed by atoms with Gasteiger partial charge in [0.15, 0.2) is 0 Å². The van der Waals surface area contributed by atoms with Gasteiger partial charge in [0.2, 0.25) is 5.91 Å². The van der Waals surface area contributed by atoms with Crippen LogP contribution in [0.4, 0.5) is 5.69 Å². The number of hydrogen-bond acceptors (Lipinski definition) is 3. The lowest BCUT2D eigenvalue weighted by Gasteiger charge is -2.37. The van der Waals surface area contributed by atoms with E-state index in [9.17, 15) is 4.79 Å². The topological polar surface area (TPSA) is 41.6 Å². The van der Waals surface area contributed by atoms with Crippen molar-refractivity contribution in [3.05, 3.63) is 65.7 Å². The fourth-order valence-electron chi connectivity index (χ4n) is 4.94. The molecule has 2 heterocycles. The van der Waals surface area contributed by atoms with E-state index in [1.54, 1.807) is 0 Å². The van der Waals surface area contributed by atoms with Gasteiger partial charge in [-0.2, -0.15) is 0 Å². The predicted octanol–water partition coefficient (Wildman–Crippen LogP) is 4.85. The first-order valence-corrected chi connectivity index (χ1v) is 11.4. The number of nitrogens with zero attached hydrogens (tertiary/aromatic N) is 1. The lowest BCUT2D eigenvalue weighted by molar-refractivity contribution is -0.131. The Kier molecular flexibility index (Phi) is 6.43. The predicted molar refractivity (Wildman–Crippen MR) is 122 cm³/mol. The van der Waals surface area contributed by atoms with E-state index in [4.69, 9.17) is 4.74 Å². The van der Waals surface area contributed by atoms with Crippen molar-refractivity contribution in [3.8, 4) is 0 Å². The summed E-state index contributed by atoms with van der Waals surface area (Å²) in [4.78, 5) is 16.0. The average molecular weight is 407 g/mol. The van der Waals surface area contributed by atoms with Crippen LogP contribution in [0.2, 0.25) is 0 Å². The van der Waals surface area contributed by atoms with E-state index in [-0.39, 0.29) is 11.9 Å². The standard InChI is InChI=1S/C26H34N2O2/c1-20-7-6-16-28(19-20)24-12-10-22(11-13-24)21(2)27-25(29)26(14-17-30-18-15-26)23-8-4-3-5-9-23/h3-5,8-13,20-21H,6-7,14-19H2,1-2H3,(H,27,29)/t20-,21+/m1/s1. The SMILES string of the molecule is C[C@@H]1CCCN(c2ccc([C@H](C)NC(=O)C3(c4ccccc4)CCOCC3)cc2)C1. The van der Waals surface area contributed by atoms with Crippen LogP contribution in [0.1, 0.15) is 56.7 Å². The fourth-order valence-corrected chi connectivity index (χ4v) is 4.94. The number of nitrogens with one attached hydrogen (secondary N) is 1. The summed E-state index contributed by atoms with van der Waals surface area (Å²) in [6, 6.07) is 18.9. The van der Waals surface area contributed by atoms with Crippen molar-refractivity contribution in [1.82, 2.24) is 5.32 Å². The third-order valence-electron chi connectivity index (χ3n) is 6.87. The van der Waals surface area contributed by atoms with Gasteiger partial charge in [0.1, 0.15) is 0 Å². The molecule has 1 N–H and O–H groups in total. The molecule has 4 rings (SSSR count). The number of carbonyl (C=O) groups excluding carboxylic acids is 1. The second kappa shape index (κ2) is 9.22. The van der Waals surface area contributed by atoms with Gasteiger partial charge in [-0.25, -0.2) is 0 Å². The number of carbonyl (C=O) groups is 1. The molecule has 0 saturated carbocycles. The fraction of sp³-hybridized carbons (Fsp3) is 0.500. The first-order chi connectivity index (χ1) is 14.6. The maximum absolute atomic E-state index is 13.5. The Hall–Kier alpha value is -2.33. The van der Waals surface area contributed by atoms with Crippen LogP contribution in [-0.4, -0.2) is 32.2 Å². The highest BCUT2D eigenvalue weighted by atomic mass is 16.5. The van der Waals surface area contributed by atoms with Crippen LogP contribution in [0.25, 0.3) is 0 Å². The zero-order valence-electron chi connectivity index (χ0n) is 18.3. The third-order valence-corrected chi connectivity index (χ3v) is 6.87. The monoisotopic (exact) mass is 406 g/mol. The Morgan fingerprint density at radius 2 is 1.80 bits per heavy atom. The molecule has 0 aliphatic carbocycles. The van der Waals surface area contributed by atoms with Crippen molar-refractivity contribution in [2.75, 3.05) is 31.2 Å². The highest BCUT2D eigenvalue weighted by Crippen LogP contribution is 2.36. The van der Waals surface area contributed by atoms with E-state index in [2.05, 4.69) is 60.5 Å². The minimum absolute atomic E-state index is 0.0322. The number of rotatable bonds is 5. The van der Waals surface area contributed by atoms with E-state index >= 15 is 0 Å². The summed E-state index contributed by atoms with van der Waals surface area (Å²) in [7, 11) is 0. The molecule has 4 nitrogen and oxygen atoms in total. The van der Waals surface area contributed by atoms with Crippen molar-refractivity contribution < 1.29 is 9.53 Å². The van der Waals surface area contributed by atoms with Crippen LogP contribution >= 0.6 is 0 Å². The largest absolute Gasteiger partial charge is 0.381 e. The third kappa shape index (κ3) is 4.39. The van der Waals surface area contributed by atoms with Crippen LogP contribution in [0.3, 0.4) is 0 Å². The number of ether oxygens (including phenoxy) is 1. The Labute approximate surface area is 180 Å². The van der Waals surface area contributed by atoms with E-state index in [1.165, 1.54) is 18.5 Å². The van der Waals surface area contributed by atoms with Gasteiger partial charge in [-0.1, -0.05) is 49.4 Å². The number of amides is 1. The van der Waals surface area contributed by atoms with Gasteiger partial charge in [-0.05, 0) is 61.8 Å². The second-order valence-corrected chi connectivity index (χ2v) is 9.04. The van der Waals surface area contributed by atoms with Crippen LogP contribution in [0.15, 0.2) is 54.6 Å². The number of piperidine rings is 1. The molecule has 2 aliphatic rings. The minimum atomic E-state index is -0.502. The van der Waals surface area contributed by atoms with Crippen LogP contribution in [0.5, 0.6) is 0 Å². The zero-order chi connectivity index (χ0) is 21.0. The molecule has 160 valence electrons. The Bertz CT molecular complexity index is 828. The molecular formula is C26H34N2O2. The van der Waals surface area contributed by atoms with Crippen LogP contribution < -0.4 is 10.2 Å². The molecule has 0 bridgehead atoms. The normalized spacial score (nSPS) is 22.3. The van der Waals surface area contributed by atoms with E-state index < -0.39 is 5.41 Å². The smallest absolute Gasteiger partial charge is 0.231 e. The lowest BCUT2D eigenvalue weighted by atomic mass is 9.73. The van der Waals surface area contributed by atoms with Crippen molar-refractivity contribution >= 4 is 11.6 Å². The number of anilines is 1. The van der Waals surface area contributed by atoms with E-state index in [1.807, 2.05) is 18.2 Å². The molecule has 2 aliphatic heterocycles. The van der Waals surface area contributed by atoms with Gasteiger partial charge in [0.25, 0.3) is 0 Å². The highest BCUT2D eigenvalue weighted by Gasteiger charge is 2.42. The zero-order valence-corrected chi connectivity index (χ0v) is 18.3. The Balaban J connectivity index is 1.47. The maximum Gasteiger partial charge on any atom is 0.231 e. The van der Waals surface area contributed by atoms with Gasteiger partial charge >= 0.3 is 0 Å². The van der Waals surface area contributed by atoms with Gasteiger partial charge < -0.3 is 15.0 Å². The highest BCUT2D eigenvalue weighted by molar-refractivity contribution is 5.88. The summed E-state index contributed by atoms with van der Waals surface area (Å²) >= 11 is 0. The summed E-state index contributed by atoms with van der Waals surface area (Å²) in [5.41, 5.74) is 3.02. The van der Waals surface area contributed by atoms with Crippen LogP contribution in [0, 0.1) is 5.92 Å².